The van der Waals surface area contributed by atoms with Crippen molar-refractivity contribution < 1.29 is 48.7 Å². The summed E-state index contributed by atoms with van der Waals surface area (Å²) in [6, 6.07) is 19.4. The molecule has 2 saturated carbocycles. The topological polar surface area (TPSA) is 0 Å². The average molecular weight is 662 g/mol. The van der Waals surface area contributed by atoms with Crippen molar-refractivity contribution >= 4 is 4.26 Å². The van der Waals surface area contributed by atoms with Crippen LogP contribution in [0.1, 0.15) is 76.8 Å². The van der Waals surface area contributed by atoms with Crippen molar-refractivity contribution in [2.75, 3.05) is 0 Å². The van der Waals surface area contributed by atoms with E-state index in [1.165, 1.54) is 38.5 Å². The third-order valence-electron chi connectivity index (χ3n) is 9.45. The van der Waals surface area contributed by atoms with Crippen LogP contribution < -0.4 is 24.8 Å². The minimum absolute atomic E-state index is 0. The maximum atomic E-state index is 3.39. The monoisotopic (exact) mass is 662 g/mol. The molecule has 0 aromatic heterocycles. The van der Waals surface area contributed by atoms with Crippen LogP contribution in [-0.4, -0.2) is 4.26 Å². The van der Waals surface area contributed by atoms with Crippen LogP contribution in [0, 0.1) is 35.0 Å². The summed E-state index contributed by atoms with van der Waals surface area (Å²) in [6.07, 6.45) is 8.52. The molecule has 0 amide bonds. The molecule has 184 valence electrons. The molecule has 2 fully saturated rings. The molecule has 5 unspecified atom stereocenters. The zero-order valence-electron chi connectivity index (χ0n) is 21.3. The van der Waals surface area contributed by atoms with Crippen LogP contribution in [0.15, 0.2) is 65.7 Å². The van der Waals surface area contributed by atoms with Crippen molar-refractivity contribution in [3.8, 4) is 0 Å². The zero-order valence-corrected chi connectivity index (χ0v) is 26.4. The van der Waals surface area contributed by atoms with E-state index in [-0.39, 0.29) is 24.8 Å². The van der Waals surface area contributed by atoms with Crippen LogP contribution in [0.2, 0.25) is 0 Å². The molecule has 4 aliphatic carbocycles. The Morgan fingerprint density at radius 3 is 2.21 bits per heavy atom. The van der Waals surface area contributed by atoms with Gasteiger partial charge in [0.1, 0.15) is 0 Å². The Hall–Kier alpha value is -0.500. The Bertz CT molecular complexity index is 911. The zero-order chi connectivity index (χ0) is 22.9. The first-order valence-corrected chi connectivity index (χ1v) is 15.2. The maximum Gasteiger partial charge on any atom is -0.172 e. The van der Waals surface area contributed by atoms with E-state index in [0.29, 0.717) is 5.41 Å². The van der Waals surface area contributed by atoms with E-state index >= 15 is 0 Å². The predicted molar refractivity (Wildman–Crippen MR) is 134 cm³/mol. The molecule has 0 saturated heterocycles. The Kier molecular flexibility index (Phi) is 11.1. The first-order chi connectivity index (χ1) is 15.5. The van der Waals surface area contributed by atoms with Gasteiger partial charge in [0.2, 0.25) is 0 Å². The minimum atomic E-state index is 0. The summed E-state index contributed by atoms with van der Waals surface area (Å²) in [6.45, 7) is 9.99. The van der Waals surface area contributed by atoms with Crippen molar-refractivity contribution in [1.82, 2.24) is 0 Å². The van der Waals surface area contributed by atoms with Crippen LogP contribution in [0.5, 0.6) is 0 Å². The minimum Gasteiger partial charge on any atom is -1.00 e. The Morgan fingerprint density at radius 1 is 0.971 bits per heavy atom. The molecule has 0 spiro atoms. The summed E-state index contributed by atoms with van der Waals surface area (Å²) >= 11 is 1.06. The van der Waals surface area contributed by atoms with E-state index in [9.17, 15) is 0 Å². The molecule has 0 N–H and O–H groups in total. The first kappa shape index (κ1) is 29.7. The van der Waals surface area contributed by atoms with E-state index in [2.05, 4.69) is 56.2 Å². The van der Waals surface area contributed by atoms with Crippen molar-refractivity contribution in [2.24, 2.45) is 29.1 Å². The standard InChI is InChI=1S/C25H33.C5H5.CH2.2ClH.Hf/c1-15-13-21-19-11-7-8-12-20(19)24-18-10-6-5-9-17(18)14-22(24)23(21)16(2)25(15,3)4;1-2-4-5-3-1;;;;/h5-6,9-10,15,19-21,24H,7-8,11-14H2,1-4H3;1-5H;1H2;2*1H;/q2*-1;;;;+2/p-2. The van der Waals surface area contributed by atoms with Gasteiger partial charge < -0.3 is 24.8 Å². The van der Waals surface area contributed by atoms with E-state index in [4.69, 9.17) is 0 Å². The molecule has 3 heteroatoms. The average Bonchev–Trinajstić information content (AvgIpc) is 3.51. The third kappa shape index (κ3) is 5.28. The third-order valence-corrected chi connectivity index (χ3v) is 9.45. The number of allylic oxidation sites excluding steroid dienone is 2. The van der Waals surface area contributed by atoms with Crippen molar-refractivity contribution in [3.05, 3.63) is 82.8 Å². The quantitative estimate of drug-likeness (QED) is 0.300. The predicted octanol–water partition coefficient (Wildman–Crippen LogP) is 2.10. The molecule has 0 aliphatic heterocycles. The number of hydrogen-bond donors (Lipinski definition) is 0. The summed E-state index contributed by atoms with van der Waals surface area (Å²) in [4.78, 5) is 0. The van der Waals surface area contributed by atoms with Gasteiger partial charge in [-0.1, -0.05) is 99.1 Å². The van der Waals surface area contributed by atoms with Crippen LogP contribution in [0.3, 0.4) is 0 Å². The van der Waals surface area contributed by atoms with Gasteiger partial charge in [-0.3, -0.25) is 0 Å². The second-order valence-corrected chi connectivity index (χ2v) is 11.0. The van der Waals surface area contributed by atoms with Gasteiger partial charge in [-0.15, -0.1) is 6.92 Å². The summed E-state index contributed by atoms with van der Waals surface area (Å²) in [5.74, 6) is 6.00. The van der Waals surface area contributed by atoms with E-state index in [1.807, 2.05) is 41.5 Å². The normalized spacial score (nSPS) is 29.8. The fourth-order valence-corrected chi connectivity index (χ4v) is 7.33. The fraction of sp³-hybridized carbons (Fsp3) is 0.516. The number of rotatable bonds is 0. The van der Waals surface area contributed by atoms with Gasteiger partial charge >= 0.3 is 28.2 Å². The van der Waals surface area contributed by atoms with Crippen LogP contribution >= 0.6 is 0 Å². The number of fused-ring (bicyclic) bond motifs is 7. The molecule has 0 radical (unpaired) electrons. The SMILES string of the molecule is C[C-]1C2=C3Cc4ccccc4C3C3CCCCC3C2CC(C)C1(C)C.[CH2]=[Hf+2].[Cl-].[Cl-].c1cc[cH-]c1. The summed E-state index contributed by atoms with van der Waals surface area (Å²) < 4.78 is 3.39. The molecule has 0 heterocycles. The Labute approximate surface area is 235 Å². The molecular formula is C31H40Cl2Hf-2. The largest absolute Gasteiger partial charge is 1.00 e. The molecule has 4 aliphatic rings. The van der Waals surface area contributed by atoms with Gasteiger partial charge in [-0.2, -0.15) is 18.2 Å². The van der Waals surface area contributed by atoms with E-state index < -0.39 is 0 Å². The molecule has 6 rings (SSSR count). The number of benzene rings is 1. The molecule has 2 aromatic rings. The summed E-state index contributed by atoms with van der Waals surface area (Å²) in [5.41, 5.74) is 7.35. The molecule has 5 atom stereocenters. The summed E-state index contributed by atoms with van der Waals surface area (Å²) in [5, 5.41) is 0. The van der Waals surface area contributed by atoms with Crippen LogP contribution in [0.25, 0.3) is 0 Å². The number of hydrogen-bond acceptors (Lipinski definition) is 0. The molecule has 0 nitrogen and oxygen atoms in total. The molecular weight excluding hydrogens is 622 g/mol. The van der Waals surface area contributed by atoms with Crippen LogP contribution in [0.4, 0.5) is 0 Å². The Morgan fingerprint density at radius 2 is 1.59 bits per heavy atom. The van der Waals surface area contributed by atoms with Gasteiger partial charge in [0.25, 0.3) is 0 Å². The maximum absolute atomic E-state index is 3.39. The Balaban J connectivity index is 0.000000400. The van der Waals surface area contributed by atoms with Crippen molar-refractivity contribution in [2.45, 2.75) is 72.1 Å². The molecule has 34 heavy (non-hydrogen) atoms. The van der Waals surface area contributed by atoms with Crippen molar-refractivity contribution in [1.29, 1.82) is 0 Å². The molecule has 2 aromatic carbocycles. The van der Waals surface area contributed by atoms with Gasteiger partial charge in [-0.25, -0.2) is 29.2 Å². The van der Waals surface area contributed by atoms with Gasteiger partial charge in [0, 0.05) is 0 Å². The fourth-order valence-electron chi connectivity index (χ4n) is 7.33. The number of halogens is 2. The summed E-state index contributed by atoms with van der Waals surface area (Å²) in [7, 11) is 0. The molecule has 0 bridgehead atoms. The van der Waals surface area contributed by atoms with Gasteiger partial charge in [0.05, 0.1) is 0 Å². The van der Waals surface area contributed by atoms with E-state index in [1.54, 1.807) is 17.0 Å². The first-order valence-electron chi connectivity index (χ1n) is 12.7. The van der Waals surface area contributed by atoms with Gasteiger partial charge in [0.15, 0.2) is 0 Å². The van der Waals surface area contributed by atoms with Crippen LogP contribution in [-0.2, 0) is 30.3 Å². The van der Waals surface area contributed by atoms with Crippen molar-refractivity contribution in [3.63, 3.8) is 0 Å². The second kappa shape index (κ2) is 12.6. The second-order valence-electron chi connectivity index (χ2n) is 11.0. The van der Waals surface area contributed by atoms with Gasteiger partial charge in [-0.05, 0) is 30.6 Å². The smallest absolute Gasteiger partial charge is 0.172 e. The van der Waals surface area contributed by atoms with E-state index in [0.717, 1.165) is 53.5 Å².